The van der Waals surface area contributed by atoms with Gasteiger partial charge in [-0.15, -0.1) is 0 Å². The summed E-state index contributed by atoms with van der Waals surface area (Å²) in [6.07, 6.45) is 1.41. The quantitative estimate of drug-likeness (QED) is 0.701. The van der Waals surface area contributed by atoms with Crippen LogP contribution in [0.3, 0.4) is 0 Å². The Bertz CT molecular complexity index is 385. The van der Waals surface area contributed by atoms with E-state index in [1.54, 1.807) is 0 Å². The summed E-state index contributed by atoms with van der Waals surface area (Å²) < 4.78 is -0.426. The first kappa shape index (κ1) is 9.25. The van der Waals surface area contributed by atoms with E-state index >= 15 is 0 Å². The van der Waals surface area contributed by atoms with Gasteiger partial charge in [-0.2, -0.15) is 0 Å². The lowest BCUT2D eigenvalue weighted by atomic mass is 10.1. The van der Waals surface area contributed by atoms with Crippen LogP contribution in [0.2, 0.25) is 0 Å². The van der Waals surface area contributed by atoms with E-state index in [0.29, 0.717) is 5.56 Å². The van der Waals surface area contributed by atoms with Crippen molar-refractivity contribution < 1.29 is 0 Å². The lowest BCUT2D eigenvalue weighted by Crippen LogP contribution is -2.29. The van der Waals surface area contributed by atoms with E-state index in [9.17, 15) is 9.59 Å². The molecule has 1 heterocycles. The molecule has 0 saturated carbocycles. The van der Waals surface area contributed by atoms with Gasteiger partial charge in [0.15, 0.2) is 0 Å². The Kier molecular flexibility index (Phi) is 2.23. The van der Waals surface area contributed by atoms with Crippen molar-refractivity contribution in [3.8, 4) is 0 Å². The first-order valence-corrected chi connectivity index (χ1v) is 4.22. The van der Waals surface area contributed by atoms with Crippen LogP contribution >= 0.6 is 15.9 Å². The van der Waals surface area contributed by atoms with Crippen LogP contribution < -0.4 is 11.2 Å². The predicted molar refractivity (Wildman–Crippen MR) is 49.6 cm³/mol. The second kappa shape index (κ2) is 2.90. The van der Waals surface area contributed by atoms with Gasteiger partial charge in [-0.25, -0.2) is 4.79 Å². The van der Waals surface area contributed by atoms with Gasteiger partial charge in [-0.3, -0.25) is 9.78 Å². The summed E-state index contributed by atoms with van der Waals surface area (Å²) in [5, 5.41) is 0. The SMILES string of the molecule is CC(C)(Br)c1c[nH]c(=O)[nH]c1=O. The standard InChI is InChI=1S/C7H9BrN2O2/c1-7(2,8)4-3-9-6(12)10-5(4)11/h3H,1-2H3,(H2,9,10,11,12). The summed E-state index contributed by atoms with van der Waals surface area (Å²) in [4.78, 5) is 26.4. The highest BCUT2D eigenvalue weighted by atomic mass is 79.9. The number of nitrogens with one attached hydrogen (secondary N) is 2. The van der Waals surface area contributed by atoms with Crippen LogP contribution in [-0.4, -0.2) is 9.97 Å². The van der Waals surface area contributed by atoms with Gasteiger partial charge in [0.1, 0.15) is 0 Å². The fourth-order valence-electron chi connectivity index (χ4n) is 0.851. The molecule has 2 N–H and O–H groups in total. The fraction of sp³-hybridized carbons (Fsp3) is 0.429. The van der Waals surface area contributed by atoms with Crippen molar-refractivity contribution in [3.05, 3.63) is 32.6 Å². The van der Waals surface area contributed by atoms with Crippen molar-refractivity contribution in [2.24, 2.45) is 0 Å². The van der Waals surface area contributed by atoms with E-state index in [-0.39, 0.29) is 5.56 Å². The Morgan fingerprint density at radius 2 is 2.00 bits per heavy atom. The van der Waals surface area contributed by atoms with E-state index in [0.717, 1.165) is 0 Å². The summed E-state index contributed by atoms with van der Waals surface area (Å²) in [5.74, 6) is 0. The van der Waals surface area contributed by atoms with Crippen molar-refractivity contribution in [1.29, 1.82) is 0 Å². The molecule has 1 rings (SSSR count). The molecule has 0 fully saturated rings. The van der Waals surface area contributed by atoms with E-state index in [4.69, 9.17) is 0 Å². The summed E-state index contributed by atoms with van der Waals surface area (Å²) in [7, 11) is 0. The number of H-pyrrole nitrogens is 2. The molecule has 0 aliphatic rings. The molecule has 0 atom stereocenters. The van der Waals surface area contributed by atoms with Crippen molar-refractivity contribution in [3.63, 3.8) is 0 Å². The number of hydrogen-bond donors (Lipinski definition) is 2. The molecule has 0 saturated heterocycles. The molecule has 4 nitrogen and oxygen atoms in total. The molecular weight excluding hydrogens is 224 g/mol. The van der Waals surface area contributed by atoms with Gasteiger partial charge in [0, 0.05) is 11.8 Å². The fourth-order valence-corrected chi connectivity index (χ4v) is 1.15. The maximum atomic E-state index is 11.2. The van der Waals surface area contributed by atoms with Crippen LogP contribution in [0.4, 0.5) is 0 Å². The zero-order valence-electron chi connectivity index (χ0n) is 6.77. The second-order valence-electron chi connectivity index (χ2n) is 2.96. The number of rotatable bonds is 1. The van der Waals surface area contributed by atoms with Crippen LogP contribution in [0.5, 0.6) is 0 Å². The largest absolute Gasteiger partial charge is 0.325 e. The normalized spacial score (nSPS) is 11.6. The van der Waals surface area contributed by atoms with Crippen LogP contribution in [0.25, 0.3) is 0 Å². The minimum Gasteiger partial charge on any atom is -0.314 e. The first-order chi connectivity index (χ1) is 5.41. The summed E-state index contributed by atoms with van der Waals surface area (Å²) in [6.45, 7) is 3.66. The third-order valence-corrected chi connectivity index (χ3v) is 1.89. The predicted octanol–water partition coefficient (Wildman–Crippen LogP) is 0.693. The van der Waals surface area contributed by atoms with Gasteiger partial charge in [-0.1, -0.05) is 15.9 Å². The van der Waals surface area contributed by atoms with Crippen molar-refractivity contribution in [2.75, 3.05) is 0 Å². The summed E-state index contributed by atoms with van der Waals surface area (Å²) in [6, 6.07) is 0. The lowest BCUT2D eigenvalue weighted by molar-refractivity contribution is 0.768. The Morgan fingerprint density at radius 1 is 1.42 bits per heavy atom. The van der Waals surface area contributed by atoms with Crippen LogP contribution in [-0.2, 0) is 4.32 Å². The number of hydrogen-bond acceptors (Lipinski definition) is 2. The van der Waals surface area contributed by atoms with Crippen LogP contribution in [0.1, 0.15) is 19.4 Å². The molecule has 0 radical (unpaired) electrons. The van der Waals surface area contributed by atoms with Gasteiger partial charge in [0.25, 0.3) is 5.56 Å². The van der Waals surface area contributed by atoms with E-state index < -0.39 is 10.0 Å². The minimum atomic E-state index is -0.486. The van der Waals surface area contributed by atoms with E-state index in [2.05, 4.69) is 25.9 Å². The molecule has 1 aromatic rings. The molecule has 0 amide bonds. The topological polar surface area (TPSA) is 65.7 Å². The number of halogens is 1. The Hall–Kier alpha value is -0.840. The van der Waals surface area contributed by atoms with Crippen molar-refractivity contribution in [2.45, 2.75) is 18.2 Å². The maximum Gasteiger partial charge on any atom is 0.325 e. The van der Waals surface area contributed by atoms with Gasteiger partial charge in [-0.05, 0) is 13.8 Å². The van der Waals surface area contributed by atoms with Gasteiger partial charge in [0.05, 0.1) is 4.32 Å². The highest BCUT2D eigenvalue weighted by molar-refractivity contribution is 9.09. The maximum absolute atomic E-state index is 11.2. The number of aromatic nitrogens is 2. The molecule has 0 unspecified atom stereocenters. The zero-order valence-corrected chi connectivity index (χ0v) is 8.36. The van der Waals surface area contributed by atoms with Crippen LogP contribution in [0.15, 0.2) is 15.8 Å². The highest BCUT2D eigenvalue weighted by Crippen LogP contribution is 2.25. The second-order valence-corrected chi connectivity index (χ2v) is 4.94. The monoisotopic (exact) mass is 232 g/mol. The number of aromatic amines is 2. The molecule has 1 aromatic heterocycles. The lowest BCUT2D eigenvalue weighted by Gasteiger charge is -2.13. The van der Waals surface area contributed by atoms with Crippen molar-refractivity contribution in [1.82, 2.24) is 9.97 Å². The molecule has 0 spiro atoms. The van der Waals surface area contributed by atoms with Gasteiger partial charge < -0.3 is 4.98 Å². The average Bonchev–Trinajstić information content (AvgIpc) is 1.83. The third kappa shape index (κ3) is 1.85. The highest BCUT2D eigenvalue weighted by Gasteiger charge is 2.19. The molecule has 5 heteroatoms. The minimum absolute atomic E-state index is 0.361. The third-order valence-electron chi connectivity index (χ3n) is 1.46. The molecule has 0 aliphatic carbocycles. The van der Waals surface area contributed by atoms with E-state index in [1.165, 1.54) is 6.20 Å². The first-order valence-electron chi connectivity index (χ1n) is 3.42. The molecule has 0 aliphatic heterocycles. The molecule has 0 aromatic carbocycles. The Balaban J connectivity index is 3.39. The van der Waals surface area contributed by atoms with Gasteiger partial charge in [0.2, 0.25) is 0 Å². The Morgan fingerprint density at radius 3 is 2.42 bits per heavy atom. The number of alkyl halides is 1. The Labute approximate surface area is 77.2 Å². The smallest absolute Gasteiger partial charge is 0.314 e. The molecule has 66 valence electrons. The summed E-state index contributed by atoms with van der Waals surface area (Å²) >= 11 is 3.32. The van der Waals surface area contributed by atoms with Crippen molar-refractivity contribution >= 4 is 15.9 Å². The van der Waals surface area contributed by atoms with E-state index in [1.807, 2.05) is 13.8 Å². The molecule has 12 heavy (non-hydrogen) atoms. The average molecular weight is 233 g/mol. The van der Waals surface area contributed by atoms with Crippen LogP contribution in [0, 0.1) is 0 Å². The molecular formula is C7H9BrN2O2. The van der Waals surface area contributed by atoms with Gasteiger partial charge >= 0.3 is 5.69 Å². The summed E-state index contributed by atoms with van der Waals surface area (Å²) in [5.41, 5.74) is -0.344. The zero-order chi connectivity index (χ0) is 9.35. The molecule has 0 bridgehead atoms.